The van der Waals surface area contributed by atoms with E-state index in [9.17, 15) is 19.1 Å². The third kappa shape index (κ3) is 3.01. The van der Waals surface area contributed by atoms with Crippen LogP contribution in [-0.4, -0.2) is 42.0 Å². The molecule has 1 aliphatic rings. The number of halogens is 1. The summed E-state index contributed by atoms with van der Waals surface area (Å²) in [6, 6.07) is 6.37. The van der Waals surface area contributed by atoms with E-state index in [4.69, 9.17) is 9.15 Å². The van der Waals surface area contributed by atoms with Crippen LogP contribution in [0.1, 0.15) is 22.9 Å². The summed E-state index contributed by atoms with van der Waals surface area (Å²) in [5, 5.41) is 10.7. The Morgan fingerprint density at radius 1 is 1.35 bits per heavy atom. The summed E-state index contributed by atoms with van der Waals surface area (Å²) < 4.78 is 23.9. The van der Waals surface area contributed by atoms with Crippen molar-refractivity contribution in [2.45, 2.75) is 13.0 Å². The number of amides is 1. The molecule has 3 rings (SSSR count). The number of rotatable bonds is 5. The minimum Gasteiger partial charge on any atom is -0.507 e. The van der Waals surface area contributed by atoms with Crippen LogP contribution in [-0.2, 0) is 14.3 Å². The average molecular weight is 359 g/mol. The first kappa shape index (κ1) is 17.9. The monoisotopic (exact) mass is 359 g/mol. The molecule has 1 N–H and O–H groups in total. The maximum atomic E-state index is 13.5. The van der Waals surface area contributed by atoms with E-state index in [2.05, 4.69) is 0 Å². The van der Waals surface area contributed by atoms with Gasteiger partial charge in [-0.05, 0) is 42.8 Å². The van der Waals surface area contributed by atoms with Crippen molar-refractivity contribution in [3.63, 3.8) is 0 Å². The van der Waals surface area contributed by atoms with E-state index >= 15 is 0 Å². The van der Waals surface area contributed by atoms with Crippen molar-refractivity contribution in [2.75, 3.05) is 20.3 Å². The van der Waals surface area contributed by atoms with Crippen LogP contribution in [0.15, 0.2) is 46.6 Å². The number of aliphatic hydroxyl groups is 1. The lowest BCUT2D eigenvalue weighted by Crippen LogP contribution is -2.32. The molecular formula is C19H18FNO5. The largest absolute Gasteiger partial charge is 0.507 e. The third-order valence-corrected chi connectivity index (χ3v) is 4.32. The normalized spacial score (nSPS) is 19.3. The van der Waals surface area contributed by atoms with Gasteiger partial charge in [0.2, 0.25) is 0 Å². The minimum absolute atomic E-state index is 0.0907. The van der Waals surface area contributed by atoms with E-state index < -0.39 is 23.5 Å². The Bertz CT molecular complexity index is 872. The van der Waals surface area contributed by atoms with E-state index in [1.54, 1.807) is 19.1 Å². The molecule has 0 bridgehead atoms. The molecule has 1 aromatic heterocycles. The molecule has 2 aromatic rings. The van der Waals surface area contributed by atoms with Crippen LogP contribution in [0.3, 0.4) is 0 Å². The summed E-state index contributed by atoms with van der Waals surface area (Å²) in [7, 11) is 1.49. The SMILES string of the molecule is COCCN1C(=O)C(=O)/C(=C(\O)c2ccc(F)c(C)c2)C1c1ccco1. The summed E-state index contributed by atoms with van der Waals surface area (Å²) in [5.74, 6) is -2.01. The van der Waals surface area contributed by atoms with Crippen LogP contribution >= 0.6 is 0 Å². The Balaban J connectivity index is 2.14. The summed E-state index contributed by atoms with van der Waals surface area (Å²) in [6.07, 6.45) is 1.42. The molecule has 7 heteroatoms. The highest BCUT2D eigenvalue weighted by Gasteiger charge is 2.47. The van der Waals surface area contributed by atoms with Crippen LogP contribution in [0, 0.1) is 12.7 Å². The summed E-state index contributed by atoms with van der Waals surface area (Å²) in [4.78, 5) is 26.3. The van der Waals surface area contributed by atoms with Crippen molar-refractivity contribution in [1.29, 1.82) is 0 Å². The maximum Gasteiger partial charge on any atom is 0.295 e. The predicted octanol–water partition coefficient (Wildman–Crippen LogP) is 2.80. The molecule has 1 aromatic carbocycles. The highest BCUT2D eigenvalue weighted by molar-refractivity contribution is 6.46. The van der Waals surface area contributed by atoms with Crippen molar-refractivity contribution in [2.24, 2.45) is 0 Å². The van der Waals surface area contributed by atoms with Gasteiger partial charge in [-0.25, -0.2) is 4.39 Å². The van der Waals surface area contributed by atoms with E-state index in [1.807, 2.05) is 0 Å². The first-order valence-corrected chi connectivity index (χ1v) is 8.03. The van der Waals surface area contributed by atoms with E-state index in [0.717, 1.165) is 0 Å². The molecule has 1 unspecified atom stereocenters. The number of carbonyl (C=O) groups is 2. The Morgan fingerprint density at radius 3 is 2.73 bits per heavy atom. The number of Topliss-reactive ketones (excluding diaryl/α,β-unsaturated/α-hetero) is 1. The molecule has 0 spiro atoms. The van der Waals surface area contributed by atoms with E-state index in [0.29, 0.717) is 11.3 Å². The van der Waals surface area contributed by atoms with Gasteiger partial charge in [-0.1, -0.05) is 0 Å². The van der Waals surface area contributed by atoms with Gasteiger partial charge in [0.15, 0.2) is 0 Å². The van der Waals surface area contributed by atoms with Crippen LogP contribution < -0.4 is 0 Å². The number of hydrogen-bond donors (Lipinski definition) is 1. The number of aliphatic hydroxyl groups excluding tert-OH is 1. The summed E-state index contributed by atoms with van der Waals surface area (Å²) >= 11 is 0. The Hall–Kier alpha value is -2.93. The highest BCUT2D eigenvalue weighted by atomic mass is 19.1. The molecule has 26 heavy (non-hydrogen) atoms. The number of ether oxygens (including phenoxy) is 1. The number of furan rings is 1. The number of ketones is 1. The third-order valence-electron chi connectivity index (χ3n) is 4.32. The smallest absolute Gasteiger partial charge is 0.295 e. The van der Waals surface area contributed by atoms with Crippen molar-refractivity contribution in [3.8, 4) is 0 Å². The van der Waals surface area contributed by atoms with Gasteiger partial charge in [-0.2, -0.15) is 0 Å². The van der Waals surface area contributed by atoms with Gasteiger partial charge in [-0.3, -0.25) is 9.59 Å². The van der Waals surface area contributed by atoms with Crippen LogP contribution in [0.2, 0.25) is 0 Å². The first-order valence-electron chi connectivity index (χ1n) is 8.03. The molecule has 0 aliphatic carbocycles. The Morgan fingerprint density at radius 2 is 2.12 bits per heavy atom. The Labute approximate surface area is 149 Å². The van der Waals surface area contributed by atoms with Gasteiger partial charge in [-0.15, -0.1) is 0 Å². The number of aryl methyl sites for hydroxylation is 1. The van der Waals surface area contributed by atoms with Gasteiger partial charge >= 0.3 is 0 Å². The number of nitrogens with zero attached hydrogens (tertiary/aromatic N) is 1. The van der Waals surface area contributed by atoms with Crippen LogP contribution in [0.25, 0.3) is 5.76 Å². The second-order valence-corrected chi connectivity index (χ2v) is 5.96. The molecule has 2 heterocycles. The van der Waals surface area contributed by atoms with E-state index in [-0.39, 0.29) is 30.0 Å². The fourth-order valence-corrected chi connectivity index (χ4v) is 2.99. The number of methoxy groups -OCH3 is 1. The predicted molar refractivity (Wildman–Crippen MR) is 90.7 cm³/mol. The zero-order valence-corrected chi connectivity index (χ0v) is 14.4. The fraction of sp³-hybridized carbons (Fsp3) is 0.263. The lowest BCUT2D eigenvalue weighted by molar-refractivity contribution is -0.140. The topological polar surface area (TPSA) is 80.0 Å². The molecule has 1 amide bonds. The number of hydrogen-bond acceptors (Lipinski definition) is 5. The van der Waals surface area contributed by atoms with Crippen molar-refractivity contribution >= 4 is 17.4 Å². The zero-order chi connectivity index (χ0) is 18.8. The fourth-order valence-electron chi connectivity index (χ4n) is 2.99. The Kier molecular flexibility index (Phi) is 4.90. The van der Waals surface area contributed by atoms with Crippen LogP contribution in [0.5, 0.6) is 0 Å². The first-order chi connectivity index (χ1) is 12.5. The average Bonchev–Trinajstić information content (AvgIpc) is 3.23. The summed E-state index contributed by atoms with van der Waals surface area (Å²) in [6.45, 7) is 1.93. The van der Waals surface area contributed by atoms with Crippen molar-refractivity contribution in [1.82, 2.24) is 4.90 Å². The van der Waals surface area contributed by atoms with Crippen molar-refractivity contribution < 1.29 is 28.2 Å². The zero-order valence-electron chi connectivity index (χ0n) is 14.4. The molecule has 6 nitrogen and oxygen atoms in total. The van der Waals surface area contributed by atoms with Gasteiger partial charge in [0.1, 0.15) is 23.4 Å². The standard InChI is InChI=1S/C19H18FNO5/c1-11-10-12(5-6-13(11)20)17(22)15-16(14-4-3-8-26-14)21(7-9-25-2)19(24)18(15)23/h3-6,8,10,16,22H,7,9H2,1-2H3/b17-15-. The number of likely N-dealkylation sites (tertiary alicyclic amines) is 1. The molecule has 1 atom stereocenters. The number of benzene rings is 1. The highest BCUT2D eigenvalue weighted by Crippen LogP contribution is 2.39. The quantitative estimate of drug-likeness (QED) is 0.504. The molecule has 0 saturated carbocycles. The minimum atomic E-state index is -0.870. The molecule has 0 radical (unpaired) electrons. The van der Waals surface area contributed by atoms with Gasteiger partial charge in [0, 0.05) is 19.2 Å². The van der Waals surface area contributed by atoms with Crippen LogP contribution in [0.4, 0.5) is 4.39 Å². The molecule has 1 fully saturated rings. The van der Waals surface area contributed by atoms with Gasteiger partial charge in [0.25, 0.3) is 11.7 Å². The van der Waals surface area contributed by atoms with Gasteiger partial charge < -0.3 is 19.2 Å². The second-order valence-electron chi connectivity index (χ2n) is 5.96. The lowest BCUT2D eigenvalue weighted by atomic mass is 9.98. The lowest BCUT2D eigenvalue weighted by Gasteiger charge is -2.22. The summed E-state index contributed by atoms with van der Waals surface area (Å²) in [5.41, 5.74) is 0.481. The van der Waals surface area contributed by atoms with Gasteiger partial charge in [0.05, 0.1) is 18.4 Å². The number of carbonyl (C=O) groups excluding carboxylic acids is 2. The van der Waals surface area contributed by atoms with Crippen molar-refractivity contribution in [3.05, 3.63) is 64.9 Å². The van der Waals surface area contributed by atoms with E-state index in [1.165, 1.54) is 36.5 Å². The molecular weight excluding hydrogens is 341 g/mol. The molecule has 136 valence electrons. The molecule has 1 saturated heterocycles. The maximum absolute atomic E-state index is 13.5. The second kappa shape index (κ2) is 7.13. The molecule has 1 aliphatic heterocycles.